The lowest BCUT2D eigenvalue weighted by Gasteiger charge is -2.21. The first-order valence-corrected chi connectivity index (χ1v) is 6.94. The van der Waals surface area contributed by atoms with Crippen LogP contribution in [0.2, 0.25) is 0 Å². The van der Waals surface area contributed by atoms with Crippen LogP contribution in [0.1, 0.15) is 13.8 Å². The molecule has 17 heavy (non-hydrogen) atoms. The highest BCUT2D eigenvalue weighted by molar-refractivity contribution is 7.11. The average Bonchev–Trinajstić information content (AvgIpc) is 2.79. The van der Waals surface area contributed by atoms with E-state index in [1.165, 1.54) is 10.4 Å². The molecular formula is C13H19N3S. The lowest BCUT2D eigenvalue weighted by Crippen LogP contribution is -2.31. The van der Waals surface area contributed by atoms with Crippen LogP contribution in [-0.4, -0.2) is 30.6 Å². The number of hydrogen-bond acceptors (Lipinski definition) is 4. The molecule has 2 rings (SSSR count). The molecule has 92 valence electrons. The maximum atomic E-state index is 4.50. The summed E-state index contributed by atoms with van der Waals surface area (Å²) in [6, 6.07) is 8.36. The average molecular weight is 249 g/mol. The second-order valence-electron chi connectivity index (χ2n) is 3.94. The number of rotatable bonds is 6. The third-order valence-corrected chi connectivity index (χ3v) is 3.78. The van der Waals surface area contributed by atoms with E-state index in [1.807, 2.05) is 6.07 Å². The van der Waals surface area contributed by atoms with E-state index in [0.717, 1.165) is 31.7 Å². The van der Waals surface area contributed by atoms with Crippen molar-refractivity contribution in [3.05, 3.63) is 24.3 Å². The van der Waals surface area contributed by atoms with Crippen molar-refractivity contribution in [3.63, 3.8) is 0 Å². The van der Waals surface area contributed by atoms with Gasteiger partial charge in [-0.2, -0.15) is 4.37 Å². The van der Waals surface area contributed by atoms with Crippen LogP contribution in [0.25, 0.3) is 10.9 Å². The second kappa shape index (κ2) is 5.98. The van der Waals surface area contributed by atoms with Gasteiger partial charge in [0.15, 0.2) is 0 Å². The van der Waals surface area contributed by atoms with Crippen molar-refractivity contribution in [2.75, 3.05) is 31.1 Å². The monoisotopic (exact) mass is 249 g/mol. The number of nitrogens with one attached hydrogen (secondary N) is 1. The van der Waals surface area contributed by atoms with E-state index in [2.05, 4.69) is 46.6 Å². The van der Waals surface area contributed by atoms with Crippen molar-refractivity contribution in [2.45, 2.75) is 13.8 Å². The van der Waals surface area contributed by atoms with Gasteiger partial charge in [-0.3, -0.25) is 0 Å². The van der Waals surface area contributed by atoms with Gasteiger partial charge in [-0.25, -0.2) is 0 Å². The molecular weight excluding hydrogens is 230 g/mol. The number of nitrogens with zero attached hydrogens (tertiary/aromatic N) is 2. The first kappa shape index (κ1) is 12.3. The second-order valence-corrected chi connectivity index (χ2v) is 4.69. The van der Waals surface area contributed by atoms with Crippen LogP contribution in [0.15, 0.2) is 24.3 Å². The van der Waals surface area contributed by atoms with Crippen molar-refractivity contribution in [3.8, 4) is 0 Å². The van der Waals surface area contributed by atoms with E-state index in [4.69, 9.17) is 0 Å². The van der Waals surface area contributed by atoms with Gasteiger partial charge in [-0.1, -0.05) is 19.1 Å². The van der Waals surface area contributed by atoms with Crippen LogP contribution in [0.3, 0.4) is 0 Å². The van der Waals surface area contributed by atoms with Crippen LogP contribution >= 0.6 is 11.5 Å². The van der Waals surface area contributed by atoms with E-state index >= 15 is 0 Å². The van der Waals surface area contributed by atoms with Gasteiger partial charge in [0.2, 0.25) is 0 Å². The Morgan fingerprint density at radius 2 is 2.12 bits per heavy atom. The Morgan fingerprint density at radius 1 is 1.29 bits per heavy atom. The molecule has 2 aromatic rings. The molecule has 0 radical (unpaired) electrons. The fourth-order valence-corrected chi connectivity index (χ4v) is 2.85. The van der Waals surface area contributed by atoms with Crippen LogP contribution in [0.4, 0.5) is 5.00 Å². The van der Waals surface area contributed by atoms with Crippen LogP contribution in [0, 0.1) is 0 Å². The van der Waals surface area contributed by atoms with Crippen molar-refractivity contribution < 1.29 is 0 Å². The number of aromatic nitrogens is 1. The zero-order valence-corrected chi connectivity index (χ0v) is 11.3. The smallest absolute Gasteiger partial charge is 0.120 e. The fourth-order valence-electron chi connectivity index (χ4n) is 1.90. The zero-order valence-electron chi connectivity index (χ0n) is 10.4. The van der Waals surface area contributed by atoms with Gasteiger partial charge < -0.3 is 10.2 Å². The Bertz CT molecular complexity index is 466. The molecule has 0 saturated carbocycles. The molecule has 0 aliphatic rings. The topological polar surface area (TPSA) is 28.2 Å². The van der Waals surface area contributed by atoms with Crippen molar-refractivity contribution in [2.24, 2.45) is 0 Å². The van der Waals surface area contributed by atoms with Crippen LogP contribution < -0.4 is 10.2 Å². The number of likely N-dealkylation sites (N-methyl/N-ethyl adjacent to an activating group) is 2. The first-order chi connectivity index (χ1) is 8.36. The highest BCUT2D eigenvalue weighted by atomic mass is 32.1. The highest BCUT2D eigenvalue weighted by Gasteiger charge is 2.11. The molecule has 1 aromatic carbocycles. The molecule has 0 fully saturated rings. The van der Waals surface area contributed by atoms with Gasteiger partial charge in [0, 0.05) is 25.0 Å². The van der Waals surface area contributed by atoms with Gasteiger partial charge in [0.25, 0.3) is 0 Å². The van der Waals surface area contributed by atoms with E-state index in [1.54, 1.807) is 11.5 Å². The normalized spacial score (nSPS) is 10.9. The molecule has 0 aliphatic carbocycles. The Kier molecular flexibility index (Phi) is 4.34. The molecule has 0 bridgehead atoms. The van der Waals surface area contributed by atoms with Gasteiger partial charge in [-0.15, -0.1) is 0 Å². The maximum Gasteiger partial charge on any atom is 0.120 e. The Labute approximate surface area is 107 Å². The van der Waals surface area contributed by atoms with Crippen LogP contribution in [-0.2, 0) is 0 Å². The minimum Gasteiger partial charge on any atom is -0.361 e. The number of fused-ring (bicyclic) bond motifs is 1. The van der Waals surface area contributed by atoms with E-state index in [9.17, 15) is 0 Å². The van der Waals surface area contributed by atoms with Crippen molar-refractivity contribution in [1.29, 1.82) is 0 Å². The summed E-state index contributed by atoms with van der Waals surface area (Å²) in [5.41, 5.74) is 1.11. The molecule has 0 spiro atoms. The lowest BCUT2D eigenvalue weighted by atomic mass is 10.2. The Morgan fingerprint density at radius 3 is 2.88 bits per heavy atom. The van der Waals surface area contributed by atoms with Crippen LogP contribution in [0.5, 0.6) is 0 Å². The molecule has 0 aliphatic heterocycles. The summed E-state index contributed by atoms with van der Waals surface area (Å²) in [4.78, 5) is 2.39. The van der Waals surface area contributed by atoms with E-state index < -0.39 is 0 Å². The van der Waals surface area contributed by atoms with Gasteiger partial charge >= 0.3 is 0 Å². The van der Waals surface area contributed by atoms with Gasteiger partial charge in [0.1, 0.15) is 5.00 Å². The summed E-state index contributed by atoms with van der Waals surface area (Å²) in [6.45, 7) is 8.45. The lowest BCUT2D eigenvalue weighted by molar-refractivity contribution is 0.691. The fraction of sp³-hybridized carbons (Fsp3) is 0.462. The third kappa shape index (κ3) is 2.76. The first-order valence-electron chi connectivity index (χ1n) is 6.17. The predicted octanol–water partition coefficient (Wildman–Crippen LogP) is 2.73. The quantitative estimate of drug-likeness (QED) is 0.798. The zero-order chi connectivity index (χ0) is 12.1. The molecule has 3 nitrogen and oxygen atoms in total. The minimum absolute atomic E-state index is 1.02. The standard InChI is InChI=1S/C13H19N3S/c1-3-14-9-10-16(4-2)13-11-7-5-6-8-12(11)15-17-13/h5-8,14H,3-4,9-10H2,1-2H3. The van der Waals surface area contributed by atoms with E-state index in [-0.39, 0.29) is 0 Å². The summed E-state index contributed by atoms with van der Waals surface area (Å²) in [7, 11) is 0. The highest BCUT2D eigenvalue weighted by Crippen LogP contribution is 2.30. The largest absolute Gasteiger partial charge is 0.361 e. The Hall–Kier alpha value is -1.13. The molecule has 0 atom stereocenters. The minimum atomic E-state index is 1.02. The van der Waals surface area contributed by atoms with Crippen molar-refractivity contribution >= 4 is 27.4 Å². The molecule has 0 saturated heterocycles. The molecule has 0 amide bonds. The third-order valence-electron chi connectivity index (χ3n) is 2.84. The number of benzene rings is 1. The summed E-state index contributed by atoms with van der Waals surface area (Å²) in [6.07, 6.45) is 0. The van der Waals surface area contributed by atoms with Crippen molar-refractivity contribution in [1.82, 2.24) is 9.69 Å². The van der Waals surface area contributed by atoms with E-state index in [0.29, 0.717) is 0 Å². The predicted molar refractivity (Wildman–Crippen MR) is 76.1 cm³/mol. The summed E-state index contributed by atoms with van der Waals surface area (Å²) in [5.74, 6) is 0. The summed E-state index contributed by atoms with van der Waals surface area (Å²) >= 11 is 1.60. The molecule has 1 heterocycles. The molecule has 1 N–H and O–H groups in total. The van der Waals surface area contributed by atoms with Gasteiger partial charge in [-0.05, 0) is 37.1 Å². The van der Waals surface area contributed by atoms with Gasteiger partial charge in [0.05, 0.1) is 5.52 Å². The summed E-state index contributed by atoms with van der Waals surface area (Å²) in [5, 5.41) is 5.93. The SMILES string of the molecule is CCNCCN(CC)c1snc2ccccc12. The number of anilines is 1. The maximum absolute atomic E-state index is 4.50. The Balaban J connectivity index is 2.18. The molecule has 0 unspecified atom stereocenters. The summed E-state index contributed by atoms with van der Waals surface area (Å²) < 4.78 is 4.50. The molecule has 1 aromatic heterocycles. The molecule has 4 heteroatoms. The number of hydrogen-bond donors (Lipinski definition) is 1.